The Morgan fingerprint density at radius 3 is 2.71 bits per heavy atom. The molecule has 0 spiro atoms. The normalized spacial score (nSPS) is 27.2. The molecule has 2 N–H and O–H groups in total. The smallest absolute Gasteiger partial charge is 0.237 e. The number of nitrogens with zero attached hydrogens (tertiary/aromatic N) is 1. The first-order valence-electron chi connectivity index (χ1n) is 7.05. The molecule has 17 heavy (non-hydrogen) atoms. The van der Waals surface area contributed by atoms with Crippen LogP contribution in [-0.2, 0) is 4.79 Å². The number of carbonyl (C=O) groups excluding carboxylic acids is 1. The molecule has 0 bridgehead atoms. The van der Waals surface area contributed by atoms with Crippen molar-refractivity contribution in [1.29, 1.82) is 0 Å². The van der Waals surface area contributed by atoms with Gasteiger partial charge < -0.3 is 15.5 Å². The van der Waals surface area contributed by atoms with E-state index >= 15 is 0 Å². The lowest BCUT2D eigenvalue weighted by molar-refractivity contribution is -0.123. The summed E-state index contributed by atoms with van der Waals surface area (Å²) in [5, 5.41) is 6.45. The number of nitrogens with one attached hydrogen (secondary N) is 2. The molecule has 0 aromatic rings. The van der Waals surface area contributed by atoms with E-state index in [0.29, 0.717) is 6.04 Å². The summed E-state index contributed by atoms with van der Waals surface area (Å²) in [5.74, 6) is 0.219. The maximum Gasteiger partial charge on any atom is 0.237 e. The average molecular weight is 239 g/mol. The Balaban J connectivity index is 1.68. The Labute approximate surface area is 104 Å². The second-order valence-electron chi connectivity index (χ2n) is 5.27. The van der Waals surface area contributed by atoms with Gasteiger partial charge in [-0.3, -0.25) is 4.79 Å². The first-order chi connectivity index (χ1) is 8.29. The maximum atomic E-state index is 11.9. The van der Waals surface area contributed by atoms with E-state index in [2.05, 4.69) is 22.5 Å². The minimum absolute atomic E-state index is 0.0728. The highest BCUT2D eigenvalue weighted by Gasteiger charge is 2.25. The van der Waals surface area contributed by atoms with Crippen LogP contribution in [0.1, 0.15) is 39.0 Å². The van der Waals surface area contributed by atoms with Crippen molar-refractivity contribution in [2.45, 2.75) is 51.1 Å². The summed E-state index contributed by atoms with van der Waals surface area (Å²) in [5.41, 5.74) is 0. The Kier molecular flexibility index (Phi) is 4.80. The van der Waals surface area contributed by atoms with E-state index in [9.17, 15) is 4.79 Å². The van der Waals surface area contributed by atoms with Crippen molar-refractivity contribution in [3.8, 4) is 0 Å². The monoisotopic (exact) mass is 239 g/mol. The van der Waals surface area contributed by atoms with Gasteiger partial charge >= 0.3 is 0 Å². The quantitative estimate of drug-likeness (QED) is 0.760. The predicted molar refractivity (Wildman–Crippen MR) is 68.9 cm³/mol. The number of carbonyl (C=O) groups is 1. The molecule has 0 unspecified atom stereocenters. The maximum absolute atomic E-state index is 11.9. The van der Waals surface area contributed by atoms with Gasteiger partial charge in [-0.1, -0.05) is 6.92 Å². The lowest BCUT2D eigenvalue weighted by atomic mass is 10.0. The zero-order chi connectivity index (χ0) is 12.1. The second kappa shape index (κ2) is 6.36. The van der Waals surface area contributed by atoms with E-state index in [-0.39, 0.29) is 11.9 Å². The summed E-state index contributed by atoms with van der Waals surface area (Å²) in [7, 11) is 0. The number of rotatable bonds is 4. The minimum atomic E-state index is 0.0728. The molecule has 0 radical (unpaired) electrons. The summed E-state index contributed by atoms with van der Waals surface area (Å²) in [6.07, 6.45) is 5.58. The molecule has 2 aliphatic rings. The highest BCUT2D eigenvalue weighted by atomic mass is 16.2. The third kappa shape index (κ3) is 3.68. The van der Waals surface area contributed by atoms with Gasteiger partial charge in [-0.05, 0) is 45.2 Å². The highest BCUT2D eigenvalue weighted by molar-refractivity contribution is 5.82. The molecule has 0 aromatic carbocycles. The molecule has 2 aliphatic heterocycles. The molecule has 1 atom stereocenters. The molecule has 2 fully saturated rings. The van der Waals surface area contributed by atoms with Crippen LogP contribution >= 0.6 is 0 Å². The van der Waals surface area contributed by atoms with Crippen LogP contribution in [0.5, 0.6) is 0 Å². The van der Waals surface area contributed by atoms with Crippen LogP contribution in [-0.4, -0.2) is 49.1 Å². The summed E-state index contributed by atoms with van der Waals surface area (Å²) in [4.78, 5) is 14.4. The van der Waals surface area contributed by atoms with E-state index in [1.54, 1.807) is 0 Å². The van der Waals surface area contributed by atoms with Gasteiger partial charge in [-0.2, -0.15) is 0 Å². The average Bonchev–Trinajstić information content (AvgIpc) is 2.86. The van der Waals surface area contributed by atoms with Crippen LogP contribution in [0, 0.1) is 0 Å². The molecule has 4 nitrogen and oxygen atoms in total. The van der Waals surface area contributed by atoms with Gasteiger partial charge in [0.05, 0.1) is 6.04 Å². The molecule has 0 aromatic heterocycles. The molecule has 0 saturated carbocycles. The Hall–Kier alpha value is -0.610. The Morgan fingerprint density at radius 2 is 2.12 bits per heavy atom. The van der Waals surface area contributed by atoms with E-state index in [4.69, 9.17) is 0 Å². The number of amides is 1. The summed E-state index contributed by atoms with van der Waals surface area (Å²) < 4.78 is 0. The fourth-order valence-corrected chi connectivity index (χ4v) is 2.83. The fraction of sp³-hybridized carbons (Fsp3) is 0.923. The lowest BCUT2D eigenvalue weighted by Gasteiger charge is -2.32. The number of piperidine rings is 1. The zero-order valence-electron chi connectivity index (χ0n) is 10.9. The van der Waals surface area contributed by atoms with Crippen molar-refractivity contribution in [3.63, 3.8) is 0 Å². The van der Waals surface area contributed by atoms with Gasteiger partial charge in [-0.25, -0.2) is 0 Å². The third-order valence-electron chi connectivity index (χ3n) is 3.85. The molecule has 2 heterocycles. The van der Waals surface area contributed by atoms with Gasteiger partial charge in [0.1, 0.15) is 0 Å². The standard InChI is InChI=1S/C13H25N3O/c1-2-8-16-9-5-11(6-10-16)15-13(17)12-4-3-7-14-12/h11-12,14H,2-10H2,1H3,(H,15,17)/t12-/m0/s1. The number of hydrogen-bond donors (Lipinski definition) is 2. The third-order valence-corrected chi connectivity index (χ3v) is 3.85. The van der Waals surface area contributed by atoms with Crippen LogP contribution in [0.3, 0.4) is 0 Å². The van der Waals surface area contributed by atoms with Gasteiger partial charge in [0.25, 0.3) is 0 Å². The van der Waals surface area contributed by atoms with Crippen molar-refractivity contribution in [3.05, 3.63) is 0 Å². The van der Waals surface area contributed by atoms with Gasteiger partial charge in [0, 0.05) is 19.1 Å². The highest BCUT2D eigenvalue weighted by Crippen LogP contribution is 2.12. The van der Waals surface area contributed by atoms with E-state index < -0.39 is 0 Å². The van der Waals surface area contributed by atoms with Crippen LogP contribution in [0.4, 0.5) is 0 Å². The molecule has 4 heteroatoms. The zero-order valence-corrected chi connectivity index (χ0v) is 10.9. The molecular formula is C13H25N3O. The SMILES string of the molecule is CCCN1CCC(NC(=O)[C@@H]2CCCN2)CC1. The molecule has 2 saturated heterocycles. The first kappa shape index (κ1) is 12.8. The van der Waals surface area contributed by atoms with E-state index in [0.717, 1.165) is 45.3 Å². The van der Waals surface area contributed by atoms with Crippen molar-refractivity contribution in [2.75, 3.05) is 26.2 Å². The van der Waals surface area contributed by atoms with Crippen LogP contribution < -0.4 is 10.6 Å². The predicted octanol–water partition coefficient (Wildman–Crippen LogP) is 0.729. The van der Waals surface area contributed by atoms with Crippen molar-refractivity contribution in [2.24, 2.45) is 0 Å². The summed E-state index contributed by atoms with van der Waals surface area (Å²) in [6, 6.07) is 0.474. The van der Waals surface area contributed by atoms with Gasteiger partial charge in [-0.15, -0.1) is 0 Å². The molecule has 1 amide bonds. The number of likely N-dealkylation sites (tertiary alicyclic amines) is 1. The molecule has 0 aliphatic carbocycles. The second-order valence-corrected chi connectivity index (χ2v) is 5.27. The van der Waals surface area contributed by atoms with Crippen molar-refractivity contribution >= 4 is 5.91 Å². The Bertz CT molecular complexity index is 243. The van der Waals surface area contributed by atoms with Crippen molar-refractivity contribution in [1.82, 2.24) is 15.5 Å². The van der Waals surface area contributed by atoms with Gasteiger partial charge in [0.2, 0.25) is 5.91 Å². The molecular weight excluding hydrogens is 214 g/mol. The molecule has 98 valence electrons. The largest absolute Gasteiger partial charge is 0.352 e. The van der Waals surface area contributed by atoms with Crippen LogP contribution in [0.25, 0.3) is 0 Å². The molecule has 2 rings (SSSR count). The Morgan fingerprint density at radius 1 is 1.35 bits per heavy atom. The van der Waals surface area contributed by atoms with Crippen molar-refractivity contribution < 1.29 is 4.79 Å². The topological polar surface area (TPSA) is 44.4 Å². The first-order valence-corrected chi connectivity index (χ1v) is 7.05. The van der Waals surface area contributed by atoms with Gasteiger partial charge in [0.15, 0.2) is 0 Å². The number of hydrogen-bond acceptors (Lipinski definition) is 3. The lowest BCUT2D eigenvalue weighted by Crippen LogP contribution is -2.49. The fourth-order valence-electron chi connectivity index (χ4n) is 2.83. The van der Waals surface area contributed by atoms with E-state index in [1.807, 2.05) is 0 Å². The summed E-state index contributed by atoms with van der Waals surface area (Å²) >= 11 is 0. The van der Waals surface area contributed by atoms with Crippen LogP contribution in [0.15, 0.2) is 0 Å². The van der Waals surface area contributed by atoms with Crippen LogP contribution in [0.2, 0.25) is 0 Å². The van der Waals surface area contributed by atoms with E-state index in [1.165, 1.54) is 13.0 Å². The summed E-state index contributed by atoms with van der Waals surface area (Å²) in [6.45, 7) is 6.69. The minimum Gasteiger partial charge on any atom is -0.352 e.